The molecule has 0 aromatic heterocycles. The maximum absolute atomic E-state index is 10.9. The van der Waals surface area contributed by atoms with Crippen LogP contribution in [-0.2, 0) is 4.79 Å². The maximum Gasteiger partial charge on any atom is 0.246 e. The summed E-state index contributed by atoms with van der Waals surface area (Å²) in [6.45, 7) is 8.09. The summed E-state index contributed by atoms with van der Waals surface area (Å²) in [6, 6.07) is 0. The van der Waals surface area contributed by atoms with Crippen LogP contribution in [0.15, 0.2) is 12.2 Å². The third-order valence-electron chi connectivity index (χ3n) is 1.12. The molecule has 2 nitrogen and oxygen atoms in total. The molecule has 0 rings (SSSR count). The quantitative estimate of drug-likeness (QED) is 0.503. The largest absolute Gasteiger partial charge is 0.352 e. The van der Waals surface area contributed by atoms with Crippen molar-refractivity contribution in [2.45, 2.75) is 13.8 Å². The van der Waals surface area contributed by atoms with Crippen LogP contribution in [0.5, 0.6) is 0 Å². The molecule has 0 unspecified atom stereocenters. The van der Waals surface area contributed by atoms with Gasteiger partial charge in [0.15, 0.2) is 0 Å². The topological polar surface area (TPSA) is 29.1 Å². The van der Waals surface area contributed by atoms with E-state index in [-0.39, 0.29) is 5.91 Å². The van der Waals surface area contributed by atoms with E-state index in [4.69, 9.17) is 0 Å². The standard InChI is InChI=1S/C8H15NOS/c1-4-11-6-5-9-8(10)7(2)3/h2,4-6H2,1,3H3,(H,9,10). The Kier molecular flexibility index (Phi) is 6.03. The molecule has 0 bridgehead atoms. The van der Waals surface area contributed by atoms with Crippen LogP contribution in [-0.4, -0.2) is 24.0 Å². The van der Waals surface area contributed by atoms with E-state index < -0.39 is 0 Å². The molecule has 0 saturated carbocycles. The number of hydrogen-bond donors (Lipinski definition) is 1. The highest BCUT2D eigenvalue weighted by Gasteiger charge is 1.98. The van der Waals surface area contributed by atoms with Crippen molar-refractivity contribution >= 4 is 17.7 Å². The lowest BCUT2D eigenvalue weighted by atomic mass is 10.3. The van der Waals surface area contributed by atoms with E-state index in [1.807, 2.05) is 11.8 Å². The van der Waals surface area contributed by atoms with Crippen molar-refractivity contribution in [3.05, 3.63) is 12.2 Å². The molecule has 3 heteroatoms. The zero-order valence-corrected chi connectivity index (χ0v) is 7.96. The lowest BCUT2D eigenvalue weighted by Crippen LogP contribution is -2.25. The van der Waals surface area contributed by atoms with E-state index in [2.05, 4.69) is 18.8 Å². The number of carbonyl (C=O) groups excluding carboxylic acids is 1. The Labute approximate surface area is 72.4 Å². The highest BCUT2D eigenvalue weighted by Crippen LogP contribution is 1.95. The summed E-state index contributed by atoms with van der Waals surface area (Å²) < 4.78 is 0. The molecule has 0 radical (unpaired) electrons. The summed E-state index contributed by atoms with van der Waals surface area (Å²) in [6.07, 6.45) is 0. The molecule has 0 aromatic rings. The molecule has 0 fully saturated rings. The first-order valence-corrected chi connectivity index (χ1v) is 4.85. The van der Waals surface area contributed by atoms with Crippen LogP contribution >= 0.6 is 11.8 Å². The van der Waals surface area contributed by atoms with Gasteiger partial charge in [-0.3, -0.25) is 4.79 Å². The first-order valence-electron chi connectivity index (χ1n) is 3.70. The van der Waals surface area contributed by atoms with Crippen LogP contribution in [0.1, 0.15) is 13.8 Å². The molecule has 0 aromatic carbocycles. The van der Waals surface area contributed by atoms with Crippen LogP contribution < -0.4 is 5.32 Å². The van der Waals surface area contributed by atoms with Crippen molar-refractivity contribution in [1.82, 2.24) is 5.32 Å². The summed E-state index contributed by atoms with van der Waals surface area (Å²) in [5, 5.41) is 2.76. The van der Waals surface area contributed by atoms with Gasteiger partial charge in [0.2, 0.25) is 5.91 Å². The molecule has 0 heterocycles. The molecule has 1 N–H and O–H groups in total. The van der Waals surface area contributed by atoms with Gasteiger partial charge in [0.1, 0.15) is 0 Å². The van der Waals surface area contributed by atoms with Crippen LogP contribution in [0.4, 0.5) is 0 Å². The highest BCUT2D eigenvalue weighted by atomic mass is 32.2. The van der Waals surface area contributed by atoms with Gasteiger partial charge in [0.05, 0.1) is 0 Å². The molecule has 0 atom stereocenters. The second kappa shape index (κ2) is 6.28. The molecule has 64 valence electrons. The van der Waals surface area contributed by atoms with Crippen molar-refractivity contribution in [3.63, 3.8) is 0 Å². The lowest BCUT2D eigenvalue weighted by molar-refractivity contribution is -0.117. The van der Waals surface area contributed by atoms with Crippen LogP contribution in [0, 0.1) is 0 Å². The van der Waals surface area contributed by atoms with Gasteiger partial charge >= 0.3 is 0 Å². The van der Waals surface area contributed by atoms with E-state index in [9.17, 15) is 4.79 Å². The number of carbonyl (C=O) groups is 1. The Hall–Kier alpha value is -0.440. The zero-order chi connectivity index (χ0) is 8.69. The Morgan fingerprint density at radius 1 is 1.64 bits per heavy atom. The molecule has 0 saturated heterocycles. The lowest BCUT2D eigenvalue weighted by Gasteiger charge is -2.02. The number of amides is 1. The predicted octanol–water partition coefficient (Wildman–Crippen LogP) is 1.43. The monoisotopic (exact) mass is 173 g/mol. The second-order valence-corrected chi connectivity index (χ2v) is 3.63. The molecule has 0 aliphatic rings. The summed E-state index contributed by atoms with van der Waals surface area (Å²) in [5.74, 6) is 2.04. The Morgan fingerprint density at radius 3 is 2.73 bits per heavy atom. The van der Waals surface area contributed by atoms with Crippen LogP contribution in [0.2, 0.25) is 0 Å². The molecule has 0 aliphatic heterocycles. The highest BCUT2D eigenvalue weighted by molar-refractivity contribution is 7.99. The molecule has 0 spiro atoms. The average molecular weight is 173 g/mol. The van der Waals surface area contributed by atoms with Crippen molar-refractivity contribution in [2.24, 2.45) is 0 Å². The van der Waals surface area contributed by atoms with Gasteiger partial charge < -0.3 is 5.32 Å². The normalized spacial score (nSPS) is 9.27. The third kappa shape index (κ3) is 5.98. The van der Waals surface area contributed by atoms with Crippen molar-refractivity contribution in [2.75, 3.05) is 18.1 Å². The molecule has 11 heavy (non-hydrogen) atoms. The third-order valence-corrected chi connectivity index (χ3v) is 2.02. The number of rotatable bonds is 5. The summed E-state index contributed by atoms with van der Waals surface area (Å²) in [7, 11) is 0. The summed E-state index contributed by atoms with van der Waals surface area (Å²) >= 11 is 1.82. The van der Waals surface area contributed by atoms with E-state index in [1.165, 1.54) is 0 Å². The van der Waals surface area contributed by atoms with Crippen molar-refractivity contribution in [3.8, 4) is 0 Å². The van der Waals surface area contributed by atoms with Crippen molar-refractivity contribution < 1.29 is 4.79 Å². The van der Waals surface area contributed by atoms with Gasteiger partial charge in [0.25, 0.3) is 0 Å². The predicted molar refractivity (Wildman–Crippen MR) is 50.8 cm³/mol. The fraction of sp³-hybridized carbons (Fsp3) is 0.625. The Balaban J connectivity index is 3.25. The summed E-state index contributed by atoms with van der Waals surface area (Å²) in [4.78, 5) is 10.9. The van der Waals surface area contributed by atoms with E-state index in [0.29, 0.717) is 5.57 Å². The maximum atomic E-state index is 10.9. The minimum Gasteiger partial charge on any atom is -0.352 e. The minimum absolute atomic E-state index is 0.0401. The minimum atomic E-state index is -0.0401. The van der Waals surface area contributed by atoms with E-state index >= 15 is 0 Å². The fourth-order valence-electron chi connectivity index (χ4n) is 0.532. The van der Waals surface area contributed by atoms with Crippen LogP contribution in [0.3, 0.4) is 0 Å². The molecular weight excluding hydrogens is 158 g/mol. The second-order valence-electron chi connectivity index (χ2n) is 2.23. The van der Waals surface area contributed by atoms with Crippen LogP contribution in [0.25, 0.3) is 0 Å². The summed E-state index contributed by atoms with van der Waals surface area (Å²) in [5.41, 5.74) is 0.575. The number of thioether (sulfide) groups is 1. The van der Waals surface area contributed by atoms with E-state index in [1.54, 1.807) is 6.92 Å². The number of hydrogen-bond acceptors (Lipinski definition) is 2. The average Bonchev–Trinajstić information content (AvgIpc) is 1.97. The zero-order valence-electron chi connectivity index (χ0n) is 7.14. The SMILES string of the molecule is C=C(C)C(=O)NCCSCC. The molecule has 1 amide bonds. The molecule has 0 aliphatic carbocycles. The first kappa shape index (κ1) is 10.6. The molecular formula is C8H15NOS. The van der Waals surface area contributed by atoms with Crippen molar-refractivity contribution in [1.29, 1.82) is 0 Å². The smallest absolute Gasteiger partial charge is 0.246 e. The number of nitrogens with one attached hydrogen (secondary N) is 1. The van der Waals surface area contributed by atoms with Gasteiger partial charge in [-0.1, -0.05) is 13.5 Å². The van der Waals surface area contributed by atoms with Gasteiger partial charge in [0, 0.05) is 17.9 Å². The van der Waals surface area contributed by atoms with Gasteiger partial charge in [-0.05, 0) is 12.7 Å². The Morgan fingerprint density at radius 2 is 2.27 bits per heavy atom. The van der Waals surface area contributed by atoms with Gasteiger partial charge in [-0.2, -0.15) is 11.8 Å². The first-order chi connectivity index (χ1) is 5.18. The fourth-order valence-corrected chi connectivity index (χ4v) is 1.07. The van der Waals surface area contributed by atoms with Gasteiger partial charge in [-0.15, -0.1) is 0 Å². The van der Waals surface area contributed by atoms with E-state index in [0.717, 1.165) is 18.1 Å². The van der Waals surface area contributed by atoms with Gasteiger partial charge in [-0.25, -0.2) is 0 Å². The Bertz CT molecular complexity index is 145.